The first kappa shape index (κ1) is 24.1. The van der Waals surface area contributed by atoms with Crippen LogP contribution in [0.25, 0.3) is 0 Å². The molecule has 0 radical (unpaired) electrons. The summed E-state index contributed by atoms with van der Waals surface area (Å²) >= 11 is 0. The highest BCUT2D eigenvalue weighted by Crippen LogP contribution is 2.24. The first-order valence-corrected chi connectivity index (χ1v) is 12.2. The second-order valence-corrected chi connectivity index (χ2v) is 9.40. The van der Waals surface area contributed by atoms with Crippen LogP contribution in [0.5, 0.6) is 0 Å². The van der Waals surface area contributed by atoms with Crippen molar-refractivity contribution in [2.45, 2.75) is 65.2 Å². The van der Waals surface area contributed by atoms with Crippen LogP contribution in [-0.2, 0) is 22.4 Å². The van der Waals surface area contributed by atoms with Gasteiger partial charge in [0.25, 0.3) is 0 Å². The molecule has 3 N–H and O–H groups in total. The molecule has 0 unspecified atom stereocenters. The summed E-state index contributed by atoms with van der Waals surface area (Å²) in [5.41, 5.74) is 9.88. The predicted octanol–water partition coefficient (Wildman–Crippen LogP) is 3.18. The van der Waals surface area contributed by atoms with Gasteiger partial charge in [0, 0.05) is 51.3 Å². The molecule has 0 atom stereocenters. The molecule has 1 fully saturated rings. The van der Waals surface area contributed by atoms with Crippen LogP contribution < -0.4 is 11.1 Å². The molecular formula is C25H39N5O2. The molecule has 2 aliphatic rings. The average Bonchev–Trinajstić information content (AvgIpc) is 3.23. The quantitative estimate of drug-likeness (QED) is 0.350. The van der Waals surface area contributed by atoms with Crippen LogP contribution in [0.2, 0.25) is 0 Å². The maximum absolute atomic E-state index is 12.4. The Bertz CT molecular complexity index is 813. The Hall–Kier alpha value is -2.57. The minimum atomic E-state index is 0.197. The van der Waals surface area contributed by atoms with Crippen LogP contribution in [0.3, 0.4) is 0 Å². The number of piperazine rings is 1. The lowest BCUT2D eigenvalue weighted by atomic mass is 10.1. The fourth-order valence-corrected chi connectivity index (χ4v) is 4.44. The summed E-state index contributed by atoms with van der Waals surface area (Å²) in [6.07, 6.45) is 7.43. The molecule has 1 aromatic carbocycles. The molecule has 0 saturated carbocycles. The second-order valence-electron chi connectivity index (χ2n) is 9.40. The molecule has 7 heteroatoms. The van der Waals surface area contributed by atoms with Gasteiger partial charge in [-0.05, 0) is 61.3 Å². The molecule has 0 bridgehead atoms. The molecule has 1 saturated heterocycles. The van der Waals surface area contributed by atoms with Crippen molar-refractivity contribution in [3.63, 3.8) is 0 Å². The van der Waals surface area contributed by atoms with Crippen molar-refractivity contribution in [2.75, 3.05) is 38.0 Å². The summed E-state index contributed by atoms with van der Waals surface area (Å²) in [5, 5.41) is 3.18. The SMILES string of the molecule is CC(C)CC(=O)N1CCN(C(=O)CCCCCN=C(N)Nc2ccc3c(c2)CCC3)CC1. The van der Waals surface area contributed by atoms with Crippen LogP contribution in [0, 0.1) is 5.92 Å². The second kappa shape index (κ2) is 11.9. The number of nitrogens with two attached hydrogens (primary N) is 1. The fraction of sp³-hybridized carbons (Fsp3) is 0.640. The van der Waals surface area contributed by atoms with E-state index in [0.717, 1.165) is 31.4 Å². The molecule has 3 rings (SSSR count). The van der Waals surface area contributed by atoms with E-state index < -0.39 is 0 Å². The number of aliphatic imine (C=N–C) groups is 1. The highest BCUT2D eigenvalue weighted by molar-refractivity contribution is 5.92. The van der Waals surface area contributed by atoms with Crippen LogP contribution in [0.4, 0.5) is 5.69 Å². The number of carbonyl (C=O) groups is 2. The lowest BCUT2D eigenvalue weighted by molar-refractivity contribution is -0.140. The number of nitrogens with zero attached hydrogens (tertiary/aromatic N) is 3. The zero-order chi connectivity index (χ0) is 22.9. The van der Waals surface area contributed by atoms with E-state index >= 15 is 0 Å². The number of unbranched alkanes of at least 4 members (excludes halogenated alkanes) is 2. The topological polar surface area (TPSA) is 91.0 Å². The standard InChI is InChI=1S/C25H39N5O2/c1-19(2)17-24(32)30-15-13-29(14-16-30)23(31)9-4-3-5-12-27-25(26)28-22-11-10-20-7-6-8-21(20)18-22/h10-11,18-19H,3-9,12-17H2,1-2H3,(H3,26,27,28). The van der Waals surface area contributed by atoms with Gasteiger partial charge in [-0.15, -0.1) is 0 Å². The van der Waals surface area contributed by atoms with Gasteiger partial charge >= 0.3 is 0 Å². The Kier molecular flexibility index (Phi) is 8.94. The first-order chi connectivity index (χ1) is 15.4. The van der Waals surface area contributed by atoms with E-state index in [-0.39, 0.29) is 11.8 Å². The van der Waals surface area contributed by atoms with Crippen molar-refractivity contribution in [3.05, 3.63) is 29.3 Å². The summed E-state index contributed by atoms with van der Waals surface area (Å²) in [4.78, 5) is 32.8. The van der Waals surface area contributed by atoms with Crippen molar-refractivity contribution in [1.82, 2.24) is 9.80 Å². The lowest BCUT2D eigenvalue weighted by Gasteiger charge is -2.35. The first-order valence-electron chi connectivity index (χ1n) is 12.2. The highest BCUT2D eigenvalue weighted by atomic mass is 16.2. The Morgan fingerprint density at radius 3 is 2.41 bits per heavy atom. The van der Waals surface area contributed by atoms with Crippen LogP contribution in [-0.4, -0.2) is 60.3 Å². The number of hydrogen-bond acceptors (Lipinski definition) is 3. The van der Waals surface area contributed by atoms with Crippen LogP contribution in [0.15, 0.2) is 23.2 Å². The van der Waals surface area contributed by atoms with E-state index in [9.17, 15) is 9.59 Å². The number of fused-ring (bicyclic) bond motifs is 1. The van der Waals surface area contributed by atoms with Gasteiger partial charge < -0.3 is 20.9 Å². The van der Waals surface area contributed by atoms with Gasteiger partial charge in [-0.1, -0.05) is 26.3 Å². The number of rotatable bonds is 9. The van der Waals surface area contributed by atoms with Crippen molar-refractivity contribution >= 4 is 23.5 Å². The zero-order valence-electron chi connectivity index (χ0n) is 19.7. The lowest BCUT2D eigenvalue weighted by Crippen LogP contribution is -2.50. The van der Waals surface area contributed by atoms with Crippen LogP contribution in [0.1, 0.15) is 63.5 Å². The third kappa shape index (κ3) is 7.24. The van der Waals surface area contributed by atoms with Crippen molar-refractivity contribution in [1.29, 1.82) is 0 Å². The zero-order valence-corrected chi connectivity index (χ0v) is 19.7. The van der Waals surface area contributed by atoms with Gasteiger partial charge in [-0.25, -0.2) is 0 Å². The molecule has 0 spiro atoms. The summed E-state index contributed by atoms with van der Waals surface area (Å²) < 4.78 is 0. The number of guanidine groups is 1. The van der Waals surface area contributed by atoms with E-state index in [0.29, 0.717) is 57.4 Å². The maximum atomic E-state index is 12.4. The van der Waals surface area contributed by atoms with Gasteiger partial charge in [0.2, 0.25) is 11.8 Å². The third-order valence-corrected chi connectivity index (χ3v) is 6.27. The van der Waals surface area contributed by atoms with Crippen molar-refractivity contribution in [3.8, 4) is 0 Å². The Labute approximate surface area is 192 Å². The summed E-state index contributed by atoms with van der Waals surface area (Å²) in [5.74, 6) is 1.22. The summed E-state index contributed by atoms with van der Waals surface area (Å²) in [7, 11) is 0. The summed E-state index contributed by atoms with van der Waals surface area (Å²) in [6.45, 7) is 7.39. The number of aryl methyl sites for hydroxylation is 2. The monoisotopic (exact) mass is 441 g/mol. The number of nitrogens with one attached hydrogen (secondary N) is 1. The predicted molar refractivity (Wildman–Crippen MR) is 130 cm³/mol. The van der Waals surface area contributed by atoms with Gasteiger partial charge in [0.1, 0.15) is 0 Å². The van der Waals surface area contributed by atoms with Gasteiger partial charge in [0.15, 0.2) is 5.96 Å². The Morgan fingerprint density at radius 2 is 1.69 bits per heavy atom. The van der Waals surface area contributed by atoms with E-state index in [1.807, 2.05) is 9.80 Å². The highest BCUT2D eigenvalue weighted by Gasteiger charge is 2.23. The molecule has 0 aromatic heterocycles. The molecule has 32 heavy (non-hydrogen) atoms. The van der Waals surface area contributed by atoms with Crippen LogP contribution >= 0.6 is 0 Å². The van der Waals surface area contributed by atoms with Gasteiger partial charge in [0.05, 0.1) is 0 Å². The number of carbonyl (C=O) groups excluding carboxylic acids is 2. The van der Waals surface area contributed by atoms with E-state index in [1.165, 1.54) is 24.0 Å². The van der Waals surface area contributed by atoms with E-state index in [4.69, 9.17) is 5.73 Å². The maximum Gasteiger partial charge on any atom is 0.222 e. The summed E-state index contributed by atoms with van der Waals surface area (Å²) in [6, 6.07) is 6.42. The number of benzene rings is 1. The van der Waals surface area contributed by atoms with E-state index in [1.54, 1.807) is 0 Å². The number of anilines is 1. The average molecular weight is 442 g/mol. The molecule has 176 valence electrons. The molecule has 1 aliphatic heterocycles. The van der Waals surface area contributed by atoms with Crippen molar-refractivity contribution < 1.29 is 9.59 Å². The number of hydrogen-bond donors (Lipinski definition) is 2. The molecule has 1 heterocycles. The van der Waals surface area contributed by atoms with E-state index in [2.05, 4.69) is 42.4 Å². The van der Waals surface area contributed by atoms with Gasteiger partial charge in [-0.2, -0.15) is 0 Å². The molecule has 1 aromatic rings. The van der Waals surface area contributed by atoms with Gasteiger partial charge in [-0.3, -0.25) is 14.6 Å². The van der Waals surface area contributed by atoms with Crippen molar-refractivity contribution in [2.24, 2.45) is 16.6 Å². The minimum Gasteiger partial charge on any atom is -0.370 e. The number of amides is 2. The largest absolute Gasteiger partial charge is 0.370 e. The Morgan fingerprint density at radius 1 is 1.00 bits per heavy atom. The minimum absolute atomic E-state index is 0.197. The molecule has 2 amide bonds. The molecule has 1 aliphatic carbocycles. The fourth-order valence-electron chi connectivity index (χ4n) is 4.44. The smallest absolute Gasteiger partial charge is 0.222 e. The third-order valence-electron chi connectivity index (χ3n) is 6.27. The normalized spacial score (nSPS) is 16.4. The molecule has 7 nitrogen and oxygen atoms in total. The molecular weight excluding hydrogens is 402 g/mol. The Balaban J connectivity index is 1.27.